The van der Waals surface area contributed by atoms with Crippen molar-refractivity contribution in [3.63, 3.8) is 0 Å². The van der Waals surface area contributed by atoms with Crippen LogP contribution >= 0.6 is 0 Å². The number of nitrogen functional groups attached to an aromatic ring is 1. The molecule has 0 heterocycles. The van der Waals surface area contributed by atoms with Gasteiger partial charge in [-0.2, -0.15) is 8.78 Å². The van der Waals surface area contributed by atoms with Gasteiger partial charge in [-0.15, -0.1) is 0 Å². The third-order valence-corrected chi connectivity index (χ3v) is 5.47. The van der Waals surface area contributed by atoms with Crippen molar-refractivity contribution in [3.8, 4) is 11.5 Å². The number of ether oxygens (including phenoxy) is 9. The normalized spacial score (nSPS) is 11.2. The van der Waals surface area contributed by atoms with Crippen LogP contribution in [0.4, 0.5) is 27.6 Å². The number of carbonyl (C=O) groups is 1. The molecule has 0 saturated heterocycles. The summed E-state index contributed by atoms with van der Waals surface area (Å²) in [5.41, 5.74) is 6.38. The number of nitrogens with two attached hydrogens (primary N) is 1. The van der Waals surface area contributed by atoms with Gasteiger partial charge in [0.25, 0.3) is 0 Å². The molecule has 11 nitrogen and oxygen atoms in total. The second-order valence-corrected chi connectivity index (χ2v) is 8.80. The van der Waals surface area contributed by atoms with E-state index in [2.05, 4.69) is 4.74 Å². The zero-order chi connectivity index (χ0) is 32.7. The smallest absolute Gasteiger partial charge is 0.313 e. The van der Waals surface area contributed by atoms with Crippen molar-refractivity contribution in [1.29, 1.82) is 0 Å². The number of benzene rings is 2. The monoisotopic (exact) mass is 655 g/mol. The highest BCUT2D eigenvalue weighted by Gasteiger charge is 2.28. The largest absolute Gasteiger partial charge is 0.489 e. The molecule has 45 heavy (non-hydrogen) atoms. The second kappa shape index (κ2) is 23.3. The Morgan fingerprint density at radius 1 is 0.511 bits per heavy atom. The predicted molar refractivity (Wildman–Crippen MR) is 149 cm³/mol. The van der Waals surface area contributed by atoms with Crippen LogP contribution in [0.3, 0.4) is 0 Å². The Morgan fingerprint density at radius 3 is 1.29 bits per heavy atom. The summed E-state index contributed by atoms with van der Waals surface area (Å²) >= 11 is 0. The maximum absolute atomic E-state index is 13.5. The standard InChI is InChI=1S/C29H38F5NO10/c30-24-25(31)27(33)29(28(34)26(24)32)45-23(36)5-6-37-7-8-38-9-10-39-11-12-40-13-14-41-15-16-42-17-18-43-19-20-44-22-4-2-1-3-21(22)35/h1-4H,5-20,35H2. The minimum absolute atomic E-state index is 0.0820. The van der Waals surface area contributed by atoms with Gasteiger partial charge in [0, 0.05) is 0 Å². The second-order valence-electron chi connectivity index (χ2n) is 8.80. The SMILES string of the molecule is Nc1ccccc1OCCOCCOCCOCCOCCOCCOCCOCCC(=O)Oc1c(F)c(F)c(F)c(F)c1F. The lowest BCUT2D eigenvalue weighted by Gasteiger charge is -2.10. The summed E-state index contributed by atoms with van der Waals surface area (Å²) in [6.07, 6.45) is -0.486. The molecular formula is C29H38F5NO10. The Kier molecular flexibility index (Phi) is 19.7. The van der Waals surface area contributed by atoms with Crippen molar-refractivity contribution in [2.75, 3.05) is 105 Å². The molecule has 0 radical (unpaired) electrons. The minimum Gasteiger partial charge on any atom is -0.489 e. The number of anilines is 1. The molecule has 0 aromatic heterocycles. The molecule has 16 heteroatoms. The van der Waals surface area contributed by atoms with E-state index in [-0.39, 0.29) is 26.4 Å². The van der Waals surface area contributed by atoms with E-state index in [9.17, 15) is 26.7 Å². The molecule has 0 amide bonds. The number of rotatable bonds is 26. The summed E-state index contributed by atoms with van der Waals surface area (Å²) < 4.78 is 113. The van der Waals surface area contributed by atoms with Crippen LogP contribution in [0.2, 0.25) is 0 Å². The van der Waals surface area contributed by atoms with E-state index in [4.69, 9.17) is 43.6 Å². The van der Waals surface area contributed by atoms with E-state index in [0.717, 1.165) is 0 Å². The van der Waals surface area contributed by atoms with Crippen molar-refractivity contribution in [1.82, 2.24) is 0 Å². The molecule has 254 valence electrons. The van der Waals surface area contributed by atoms with Crippen LogP contribution < -0.4 is 15.2 Å². The summed E-state index contributed by atoms with van der Waals surface area (Å²) in [6.45, 7) is 4.74. The molecule has 0 aliphatic heterocycles. The van der Waals surface area contributed by atoms with Crippen LogP contribution in [0.5, 0.6) is 11.5 Å². The van der Waals surface area contributed by atoms with Gasteiger partial charge in [0.05, 0.1) is 105 Å². The number of carbonyl (C=O) groups excluding carboxylic acids is 1. The Balaban J connectivity index is 1.28. The third kappa shape index (κ3) is 15.6. The van der Waals surface area contributed by atoms with Crippen LogP contribution in [0.25, 0.3) is 0 Å². The number of para-hydroxylation sites is 2. The summed E-state index contributed by atoms with van der Waals surface area (Å²) in [6, 6.07) is 7.26. The van der Waals surface area contributed by atoms with Gasteiger partial charge in [-0.3, -0.25) is 4.79 Å². The first-order valence-electron chi connectivity index (χ1n) is 14.1. The molecule has 2 aromatic rings. The summed E-state index contributed by atoms with van der Waals surface area (Å²) in [4.78, 5) is 11.6. The fraction of sp³-hybridized carbons (Fsp3) is 0.552. The molecule has 2 rings (SSSR count). The summed E-state index contributed by atoms with van der Waals surface area (Å²) in [5.74, 6) is -13.5. The van der Waals surface area contributed by atoms with Gasteiger partial charge in [-0.05, 0) is 12.1 Å². The van der Waals surface area contributed by atoms with E-state index in [1.165, 1.54) is 0 Å². The first kappa shape index (κ1) is 38.1. The first-order chi connectivity index (χ1) is 21.8. The van der Waals surface area contributed by atoms with Crippen molar-refractivity contribution < 1.29 is 69.4 Å². The fourth-order valence-electron chi connectivity index (χ4n) is 3.24. The molecule has 0 aliphatic rings. The maximum atomic E-state index is 13.5. The Bertz CT molecular complexity index is 1100. The highest BCUT2D eigenvalue weighted by Crippen LogP contribution is 2.29. The number of halogens is 5. The topological polar surface area (TPSA) is 126 Å². The van der Waals surface area contributed by atoms with Crippen molar-refractivity contribution in [3.05, 3.63) is 53.4 Å². The van der Waals surface area contributed by atoms with Crippen molar-refractivity contribution in [2.45, 2.75) is 6.42 Å². The predicted octanol–water partition coefficient (Wildman–Crippen LogP) is 3.46. The van der Waals surface area contributed by atoms with Gasteiger partial charge in [-0.25, -0.2) is 13.2 Å². The Labute approximate surface area is 257 Å². The van der Waals surface area contributed by atoms with Gasteiger partial charge < -0.3 is 48.4 Å². The Hall–Kier alpha value is -3.12. The molecule has 0 saturated carbocycles. The fourth-order valence-corrected chi connectivity index (χ4v) is 3.24. The molecule has 0 unspecified atom stereocenters. The van der Waals surface area contributed by atoms with Gasteiger partial charge in [-0.1, -0.05) is 12.1 Å². The van der Waals surface area contributed by atoms with Crippen LogP contribution in [-0.4, -0.2) is 105 Å². The minimum atomic E-state index is -2.35. The van der Waals surface area contributed by atoms with Crippen molar-refractivity contribution in [2.24, 2.45) is 0 Å². The summed E-state index contributed by atoms with van der Waals surface area (Å²) in [7, 11) is 0. The third-order valence-electron chi connectivity index (χ3n) is 5.47. The van der Waals surface area contributed by atoms with E-state index >= 15 is 0 Å². The lowest BCUT2D eigenvalue weighted by molar-refractivity contribution is -0.136. The van der Waals surface area contributed by atoms with E-state index < -0.39 is 47.2 Å². The molecule has 2 N–H and O–H groups in total. The highest BCUT2D eigenvalue weighted by atomic mass is 19.2. The quantitative estimate of drug-likeness (QED) is 0.0305. The maximum Gasteiger partial charge on any atom is 0.313 e. The van der Waals surface area contributed by atoms with Crippen LogP contribution in [0.15, 0.2) is 24.3 Å². The van der Waals surface area contributed by atoms with Crippen LogP contribution in [0, 0.1) is 29.1 Å². The summed E-state index contributed by atoms with van der Waals surface area (Å²) in [5, 5.41) is 0. The zero-order valence-electron chi connectivity index (χ0n) is 24.7. The average Bonchev–Trinajstić information content (AvgIpc) is 3.04. The first-order valence-corrected chi connectivity index (χ1v) is 14.1. The van der Waals surface area contributed by atoms with E-state index in [1.807, 2.05) is 12.1 Å². The van der Waals surface area contributed by atoms with Gasteiger partial charge in [0.2, 0.25) is 34.8 Å². The molecular weight excluding hydrogens is 617 g/mol. The lowest BCUT2D eigenvalue weighted by Crippen LogP contribution is -2.16. The van der Waals surface area contributed by atoms with Gasteiger partial charge >= 0.3 is 5.97 Å². The van der Waals surface area contributed by atoms with Crippen LogP contribution in [-0.2, 0) is 38.0 Å². The van der Waals surface area contributed by atoms with Crippen LogP contribution in [0.1, 0.15) is 6.42 Å². The molecule has 0 fully saturated rings. The zero-order valence-corrected chi connectivity index (χ0v) is 24.7. The highest BCUT2D eigenvalue weighted by molar-refractivity contribution is 5.72. The molecule has 0 bridgehead atoms. The van der Waals surface area contributed by atoms with Crippen molar-refractivity contribution >= 4 is 11.7 Å². The molecule has 0 atom stereocenters. The van der Waals surface area contributed by atoms with E-state index in [0.29, 0.717) is 84.1 Å². The molecule has 0 spiro atoms. The number of esters is 1. The molecule has 0 aliphatic carbocycles. The number of hydrogen-bond acceptors (Lipinski definition) is 11. The van der Waals surface area contributed by atoms with Gasteiger partial charge in [0.15, 0.2) is 0 Å². The van der Waals surface area contributed by atoms with E-state index in [1.54, 1.807) is 12.1 Å². The molecule has 2 aromatic carbocycles. The Morgan fingerprint density at radius 2 is 0.867 bits per heavy atom. The lowest BCUT2D eigenvalue weighted by atomic mass is 10.2. The van der Waals surface area contributed by atoms with Gasteiger partial charge in [0.1, 0.15) is 12.4 Å². The average molecular weight is 656 g/mol. The number of hydrogen-bond donors (Lipinski definition) is 1.